The fourth-order valence-corrected chi connectivity index (χ4v) is 2.26. The molecular weight excluding hydrogens is 307 g/mol. The number of halogens is 1. The van der Waals surface area contributed by atoms with E-state index in [1.54, 1.807) is 7.05 Å². The number of rotatable bonds is 5. The van der Waals surface area contributed by atoms with E-state index in [9.17, 15) is 14.0 Å². The summed E-state index contributed by atoms with van der Waals surface area (Å²) in [5.41, 5.74) is 3.74. The number of nitrogens with zero attached hydrogens (tertiary/aromatic N) is 1. The van der Waals surface area contributed by atoms with Crippen molar-refractivity contribution in [1.29, 1.82) is 0 Å². The Morgan fingerprint density at radius 1 is 1.04 bits per heavy atom. The summed E-state index contributed by atoms with van der Waals surface area (Å²) >= 11 is 0. The Labute approximate surface area is 141 Å². The van der Waals surface area contributed by atoms with Crippen LogP contribution in [-0.2, 0) is 16.0 Å². The van der Waals surface area contributed by atoms with E-state index >= 15 is 0 Å². The molecule has 0 spiro atoms. The minimum Gasteiger partial charge on any atom is -0.336 e. The summed E-state index contributed by atoms with van der Waals surface area (Å²) in [5, 5.41) is 2.64. The predicted molar refractivity (Wildman–Crippen MR) is 92.3 cm³/mol. The first kappa shape index (κ1) is 17.7. The Hall–Kier alpha value is -2.69. The van der Waals surface area contributed by atoms with Gasteiger partial charge < -0.3 is 10.2 Å². The zero-order chi connectivity index (χ0) is 17.7. The van der Waals surface area contributed by atoms with Gasteiger partial charge in [-0.2, -0.15) is 0 Å². The van der Waals surface area contributed by atoms with Crippen molar-refractivity contribution < 1.29 is 14.0 Å². The van der Waals surface area contributed by atoms with E-state index in [-0.39, 0.29) is 30.6 Å². The molecule has 1 N–H and O–H groups in total. The quantitative estimate of drug-likeness (QED) is 0.917. The lowest BCUT2D eigenvalue weighted by molar-refractivity contribution is -0.132. The molecule has 0 atom stereocenters. The molecule has 2 aromatic rings. The molecule has 24 heavy (non-hydrogen) atoms. The zero-order valence-electron chi connectivity index (χ0n) is 14.1. The largest absolute Gasteiger partial charge is 0.336 e. The van der Waals surface area contributed by atoms with Gasteiger partial charge in [-0.3, -0.25) is 9.59 Å². The molecule has 0 unspecified atom stereocenters. The normalized spacial score (nSPS) is 10.3. The second-order valence-electron chi connectivity index (χ2n) is 5.90. The summed E-state index contributed by atoms with van der Waals surface area (Å²) in [6, 6.07) is 11.4. The van der Waals surface area contributed by atoms with E-state index in [2.05, 4.69) is 5.32 Å². The smallest absolute Gasteiger partial charge is 0.243 e. The van der Waals surface area contributed by atoms with E-state index < -0.39 is 0 Å². The van der Waals surface area contributed by atoms with Gasteiger partial charge in [-0.15, -0.1) is 0 Å². The monoisotopic (exact) mass is 328 g/mol. The van der Waals surface area contributed by atoms with Crippen LogP contribution in [0.15, 0.2) is 42.5 Å². The Balaban J connectivity index is 1.89. The summed E-state index contributed by atoms with van der Waals surface area (Å²) in [6.45, 7) is 3.97. The molecule has 0 saturated heterocycles. The van der Waals surface area contributed by atoms with Gasteiger partial charge in [0.05, 0.1) is 13.0 Å². The van der Waals surface area contributed by atoms with Gasteiger partial charge in [0, 0.05) is 12.7 Å². The molecule has 0 aliphatic carbocycles. The van der Waals surface area contributed by atoms with Gasteiger partial charge in [0.25, 0.3) is 0 Å². The molecule has 2 rings (SSSR count). The summed E-state index contributed by atoms with van der Waals surface area (Å²) in [4.78, 5) is 25.6. The summed E-state index contributed by atoms with van der Waals surface area (Å²) in [7, 11) is 1.59. The zero-order valence-corrected chi connectivity index (χ0v) is 14.1. The van der Waals surface area contributed by atoms with Crippen molar-refractivity contribution in [3.63, 3.8) is 0 Å². The van der Waals surface area contributed by atoms with Gasteiger partial charge in [0.2, 0.25) is 11.8 Å². The molecule has 4 nitrogen and oxygen atoms in total. The SMILES string of the molecule is Cc1ccc(CC(=O)N(C)CC(=O)Nc2ccc(F)cc2)cc1C. The number of hydrogen-bond donors (Lipinski definition) is 1. The Morgan fingerprint density at radius 2 is 1.71 bits per heavy atom. The van der Waals surface area contributed by atoms with Gasteiger partial charge in [0.15, 0.2) is 0 Å². The van der Waals surface area contributed by atoms with E-state index in [1.165, 1.54) is 34.7 Å². The first-order valence-corrected chi connectivity index (χ1v) is 7.70. The van der Waals surface area contributed by atoms with Crippen LogP contribution in [0, 0.1) is 19.7 Å². The third-order valence-corrected chi connectivity index (χ3v) is 3.86. The minimum atomic E-state index is -0.367. The fourth-order valence-electron chi connectivity index (χ4n) is 2.26. The molecule has 2 aromatic carbocycles. The van der Waals surface area contributed by atoms with Crippen molar-refractivity contribution in [1.82, 2.24) is 4.90 Å². The number of hydrogen-bond acceptors (Lipinski definition) is 2. The lowest BCUT2D eigenvalue weighted by Gasteiger charge is -2.17. The number of carbonyl (C=O) groups is 2. The van der Waals surface area contributed by atoms with Crippen LogP contribution in [0.3, 0.4) is 0 Å². The van der Waals surface area contributed by atoms with Crippen LogP contribution >= 0.6 is 0 Å². The van der Waals surface area contributed by atoms with Crippen molar-refractivity contribution in [3.05, 3.63) is 65.0 Å². The average molecular weight is 328 g/mol. The molecule has 126 valence electrons. The Kier molecular flexibility index (Phi) is 5.68. The number of aryl methyl sites for hydroxylation is 2. The van der Waals surface area contributed by atoms with Gasteiger partial charge in [-0.1, -0.05) is 18.2 Å². The Bertz CT molecular complexity index is 742. The number of anilines is 1. The summed E-state index contributed by atoms with van der Waals surface area (Å²) in [6.07, 6.45) is 0.251. The molecule has 0 radical (unpaired) electrons. The maximum Gasteiger partial charge on any atom is 0.243 e. The van der Waals surface area contributed by atoms with Crippen molar-refractivity contribution in [2.24, 2.45) is 0 Å². The minimum absolute atomic E-state index is 0.0545. The highest BCUT2D eigenvalue weighted by Crippen LogP contribution is 2.11. The molecule has 5 heteroatoms. The molecule has 0 aliphatic rings. The highest BCUT2D eigenvalue weighted by Gasteiger charge is 2.14. The van der Waals surface area contributed by atoms with E-state index in [1.807, 2.05) is 32.0 Å². The standard InChI is InChI=1S/C19H21FN2O2/c1-13-4-5-15(10-14(13)2)11-19(24)22(3)12-18(23)21-17-8-6-16(20)7-9-17/h4-10H,11-12H2,1-3H3,(H,21,23). The highest BCUT2D eigenvalue weighted by molar-refractivity contribution is 5.94. The van der Waals surface area contributed by atoms with Gasteiger partial charge >= 0.3 is 0 Å². The number of benzene rings is 2. The second kappa shape index (κ2) is 7.73. The van der Waals surface area contributed by atoms with Crippen LogP contribution in [-0.4, -0.2) is 30.3 Å². The lowest BCUT2D eigenvalue weighted by atomic mass is 10.0. The molecule has 0 bridgehead atoms. The third-order valence-electron chi connectivity index (χ3n) is 3.86. The van der Waals surface area contributed by atoms with Crippen molar-refractivity contribution in [2.75, 3.05) is 18.9 Å². The fraction of sp³-hybridized carbons (Fsp3) is 0.263. The van der Waals surface area contributed by atoms with Gasteiger partial charge in [0.1, 0.15) is 5.82 Å². The first-order valence-electron chi connectivity index (χ1n) is 7.70. The molecule has 0 fully saturated rings. The molecular formula is C19H21FN2O2. The van der Waals surface area contributed by atoms with Gasteiger partial charge in [-0.25, -0.2) is 4.39 Å². The average Bonchev–Trinajstić information content (AvgIpc) is 2.53. The molecule has 2 amide bonds. The Morgan fingerprint density at radius 3 is 2.33 bits per heavy atom. The summed E-state index contributed by atoms with van der Waals surface area (Å²) < 4.78 is 12.8. The molecule has 0 heterocycles. The number of carbonyl (C=O) groups excluding carboxylic acids is 2. The second-order valence-corrected chi connectivity index (χ2v) is 5.90. The molecule has 0 saturated carbocycles. The molecule has 0 aliphatic heterocycles. The van der Waals surface area contributed by atoms with Crippen LogP contribution in [0.2, 0.25) is 0 Å². The number of likely N-dealkylation sites (N-methyl/N-ethyl adjacent to an activating group) is 1. The maximum absolute atomic E-state index is 12.8. The maximum atomic E-state index is 12.8. The van der Waals surface area contributed by atoms with E-state index in [0.29, 0.717) is 5.69 Å². The van der Waals surface area contributed by atoms with Crippen molar-refractivity contribution in [3.8, 4) is 0 Å². The number of amides is 2. The first-order chi connectivity index (χ1) is 11.3. The van der Waals surface area contributed by atoms with Gasteiger partial charge in [-0.05, 0) is 54.8 Å². The van der Waals surface area contributed by atoms with Crippen LogP contribution in [0.25, 0.3) is 0 Å². The number of nitrogens with one attached hydrogen (secondary N) is 1. The lowest BCUT2D eigenvalue weighted by Crippen LogP contribution is -2.35. The predicted octanol–water partition coefficient (Wildman–Crippen LogP) is 3.08. The third kappa shape index (κ3) is 4.91. The highest BCUT2D eigenvalue weighted by atomic mass is 19.1. The summed E-state index contributed by atoms with van der Waals surface area (Å²) in [5.74, 6) is -0.821. The van der Waals surface area contributed by atoms with E-state index in [4.69, 9.17) is 0 Å². The molecule has 0 aromatic heterocycles. The van der Waals surface area contributed by atoms with Crippen LogP contribution in [0.5, 0.6) is 0 Å². The van der Waals surface area contributed by atoms with Crippen LogP contribution < -0.4 is 5.32 Å². The van der Waals surface area contributed by atoms with Crippen molar-refractivity contribution in [2.45, 2.75) is 20.3 Å². The van der Waals surface area contributed by atoms with Crippen LogP contribution in [0.1, 0.15) is 16.7 Å². The van der Waals surface area contributed by atoms with Crippen molar-refractivity contribution >= 4 is 17.5 Å². The van der Waals surface area contributed by atoms with E-state index in [0.717, 1.165) is 11.1 Å². The topological polar surface area (TPSA) is 49.4 Å². The van der Waals surface area contributed by atoms with Crippen LogP contribution in [0.4, 0.5) is 10.1 Å².